The molecule has 1 saturated heterocycles. The molecule has 8 bridgehead atoms. The normalized spacial score (nSPS) is 23.4. The van der Waals surface area contributed by atoms with Gasteiger partial charge in [0.25, 0.3) is 0 Å². The molecule has 0 amide bonds. The fourth-order valence-corrected chi connectivity index (χ4v) is 10.1. The number of carbonyl (C=O) groups excluding carboxylic acids is 3. The first-order valence-electron chi connectivity index (χ1n) is 23.9. The topological polar surface area (TPSA) is 139 Å². The number of esters is 2. The van der Waals surface area contributed by atoms with Crippen LogP contribution in [0.1, 0.15) is 146 Å². The fraction of sp³-hybridized carbons (Fsp3) is 0.556. The number of methoxy groups -OCH3 is 1. The number of ketones is 1. The molecule has 0 aromatic heterocycles. The van der Waals surface area contributed by atoms with Crippen molar-refractivity contribution in [2.75, 3.05) is 13.7 Å². The van der Waals surface area contributed by atoms with Crippen molar-refractivity contribution in [1.29, 1.82) is 0 Å². The van der Waals surface area contributed by atoms with Gasteiger partial charge in [0.05, 0.1) is 47.6 Å². The lowest BCUT2D eigenvalue weighted by Crippen LogP contribution is -2.26. The van der Waals surface area contributed by atoms with Crippen LogP contribution < -0.4 is 5.32 Å². The first kappa shape index (κ1) is 48.3. The van der Waals surface area contributed by atoms with E-state index >= 15 is 0 Å². The monoisotopic (exact) mass is 873 g/mol. The van der Waals surface area contributed by atoms with Crippen LogP contribution in [0.2, 0.25) is 0 Å². The lowest BCUT2D eigenvalue weighted by Gasteiger charge is -2.19. The molecule has 0 spiro atoms. The number of Topliss-reactive ketones (excluding diaryl/α,β-unsaturated/α-hetero) is 1. The number of fused-ring (bicyclic) bond motifs is 5. The van der Waals surface area contributed by atoms with Gasteiger partial charge in [0.15, 0.2) is 5.78 Å². The molecule has 0 aromatic carbocycles. The summed E-state index contributed by atoms with van der Waals surface area (Å²) in [6, 6.07) is 0. The van der Waals surface area contributed by atoms with Gasteiger partial charge in [0.2, 0.25) is 0 Å². The number of nitrogens with one attached hydrogen (secondary N) is 1. The smallest absolute Gasteiger partial charge is 0.321 e. The average molecular weight is 873 g/mol. The van der Waals surface area contributed by atoms with Gasteiger partial charge in [-0.25, -0.2) is 15.0 Å². The van der Waals surface area contributed by atoms with Crippen LogP contribution in [0.3, 0.4) is 0 Å². The maximum absolute atomic E-state index is 14.4. The lowest BCUT2D eigenvalue weighted by molar-refractivity contribution is -0.146. The molecule has 1 aliphatic carbocycles. The van der Waals surface area contributed by atoms with Crippen molar-refractivity contribution in [2.24, 2.45) is 50.5 Å². The van der Waals surface area contributed by atoms with E-state index in [0.717, 1.165) is 71.2 Å². The van der Waals surface area contributed by atoms with Crippen LogP contribution in [0, 0.1) is 35.5 Å². The van der Waals surface area contributed by atoms with E-state index in [9.17, 15) is 19.5 Å². The number of hydrogen-bond acceptors (Lipinski definition) is 10. The van der Waals surface area contributed by atoms with Crippen LogP contribution in [-0.4, -0.2) is 53.7 Å². The number of nitrogens with zero attached hydrogens (tertiary/aromatic N) is 3. The molecule has 0 aromatic rings. The third kappa shape index (κ3) is 10.5. The second kappa shape index (κ2) is 21.2. The highest BCUT2D eigenvalue weighted by molar-refractivity contribution is 6.42. The summed E-state index contributed by atoms with van der Waals surface area (Å²) in [5, 5.41) is 14.0. The average Bonchev–Trinajstić information content (AvgIpc) is 3.99. The molecule has 64 heavy (non-hydrogen) atoms. The Morgan fingerprint density at radius 3 is 2.17 bits per heavy atom. The number of carbonyl (C=O) groups is 3. The SMILES string of the molecule is CCC1=C(C)C2=CC3=NC(=C(C)/C3=C\O)C=C3NC(=C4C5=NC(=CC1=N2)C(C)=C5C(=O)[C@@H]4C(=O)OC)[C@@H](CCC(=O)OC/C=C(\C)CCC[C@H](C)CCC[C@H](C)CCCC(C)C)[C@@H]3C. The minimum absolute atomic E-state index is 0.137. The number of ether oxygens (including phenoxy) is 2. The molecule has 2 N–H and O–H groups in total. The van der Waals surface area contributed by atoms with Gasteiger partial charge in [-0.2, -0.15) is 0 Å². The van der Waals surface area contributed by atoms with E-state index in [1.165, 1.54) is 57.6 Å². The summed E-state index contributed by atoms with van der Waals surface area (Å²) in [5.41, 5.74) is 11.5. The van der Waals surface area contributed by atoms with Crippen LogP contribution in [0.15, 0.2) is 119 Å². The number of aliphatic imine (C=N–C) groups is 3. The fourth-order valence-electron chi connectivity index (χ4n) is 10.1. The third-order valence-corrected chi connectivity index (χ3v) is 14.2. The lowest BCUT2D eigenvalue weighted by atomic mass is 9.85. The maximum Gasteiger partial charge on any atom is 0.321 e. The van der Waals surface area contributed by atoms with Gasteiger partial charge in [-0.3, -0.25) is 14.4 Å². The van der Waals surface area contributed by atoms with E-state index in [2.05, 4.69) is 53.8 Å². The van der Waals surface area contributed by atoms with E-state index in [1.807, 2.05) is 45.1 Å². The first-order chi connectivity index (χ1) is 30.6. The van der Waals surface area contributed by atoms with Gasteiger partial charge in [-0.05, 0) is 118 Å². The molecule has 0 unspecified atom stereocenters. The zero-order valence-corrected chi connectivity index (χ0v) is 40.4. The summed E-state index contributed by atoms with van der Waals surface area (Å²) in [7, 11) is 1.29. The van der Waals surface area contributed by atoms with Crippen molar-refractivity contribution in [3.8, 4) is 0 Å². The highest BCUT2D eigenvalue weighted by Gasteiger charge is 2.52. The predicted octanol–water partition coefficient (Wildman–Crippen LogP) is 12.0. The van der Waals surface area contributed by atoms with Crippen molar-refractivity contribution in [2.45, 2.75) is 146 Å². The Balaban J connectivity index is 1.20. The molecule has 10 heteroatoms. The number of allylic oxidation sites excluding steroid dienone is 12. The van der Waals surface area contributed by atoms with Crippen molar-refractivity contribution in [1.82, 2.24) is 5.32 Å². The van der Waals surface area contributed by atoms with E-state index < -0.39 is 11.9 Å². The zero-order chi connectivity index (χ0) is 46.4. The summed E-state index contributed by atoms with van der Waals surface area (Å²) < 4.78 is 11.0. The van der Waals surface area contributed by atoms with Gasteiger partial charge >= 0.3 is 11.9 Å². The number of aliphatic hydroxyl groups excluding tert-OH is 1. The molecule has 6 aliphatic rings. The summed E-state index contributed by atoms with van der Waals surface area (Å²) >= 11 is 0. The van der Waals surface area contributed by atoms with Crippen molar-refractivity contribution < 1.29 is 29.0 Å². The Morgan fingerprint density at radius 1 is 0.859 bits per heavy atom. The molecule has 2 fully saturated rings. The molecule has 0 radical (unpaired) electrons. The maximum atomic E-state index is 14.4. The minimum Gasteiger partial charge on any atom is -0.515 e. The van der Waals surface area contributed by atoms with Gasteiger partial charge in [0, 0.05) is 46.4 Å². The number of hydrogen-bond donors (Lipinski definition) is 2. The molecule has 5 heterocycles. The Kier molecular flexibility index (Phi) is 16.0. The molecular weight excluding hydrogens is 801 g/mol. The van der Waals surface area contributed by atoms with Gasteiger partial charge < -0.3 is 19.9 Å². The predicted molar refractivity (Wildman–Crippen MR) is 258 cm³/mol. The Hall–Kier alpha value is -5.12. The summed E-state index contributed by atoms with van der Waals surface area (Å²) in [6.45, 7) is 21.7. The van der Waals surface area contributed by atoms with Gasteiger partial charge in [-0.1, -0.05) is 92.1 Å². The third-order valence-electron chi connectivity index (χ3n) is 14.2. The van der Waals surface area contributed by atoms with E-state index in [-0.39, 0.29) is 36.6 Å². The highest BCUT2D eigenvalue weighted by Crippen LogP contribution is 2.47. The molecule has 344 valence electrons. The van der Waals surface area contributed by atoms with Crippen molar-refractivity contribution >= 4 is 34.9 Å². The summed E-state index contributed by atoms with van der Waals surface area (Å²) in [6.07, 6.45) is 21.4. The van der Waals surface area contributed by atoms with Crippen LogP contribution in [0.5, 0.6) is 0 Å². The molecule has 10 nitrogen and oxygen atoms in total. The highest BCUT2D eigenvalue weighted by atomic mass is 16.5. The van der Waals surface area contributed by atoms with Gasteiger partial charge in [0.1, 0.15) is 12.5 Å². The van der Waals surface area contributed by atoms with Crippen LogP contribution >= 0.6 is 0 Å². The minimum atomic E-state index is -1.21. The zero-order valence-electron chi connectivity index (χ0n) is 40.4. The quantitative estimate of drug-likeness (QED) is 0.0570. The second-order valence-electron chi connectivity index (χ2n) is 19.4. The Bertz CT molecular complexity index is 2300. The molecule has 6 rings (SSSR count). The Labute approximate surface area is 382 Å². The van der Waals surface area contributed by atoms with E-state index in [0.29, 0.717) is 63.1 Å². The first-order valence-corrected chi connectivity index (χ1v) is 23.9. The van der Waals surface area contributed by atoms with Gasteiger partial charge in [-0.15, -0.1) is 0 Å². The van der Waals surface area contributed by atoms with E-state index in [1.54, 1.807) is 0 Å². The second-order valence-corrected chi connectivity index (χ2v) is 19.4. The number of aliphatic hydroxyl groups is 1. The van der Waals surface area contributed by atoms with Crippen LogP contribution in [-0.2, 0) is 23.9 Å². The van der Waals surface area contributed by atoms with Crippen molar-refractivity contribution in [3.05, 3.63) is 104 Å². The van der Waals surface area contributed by atoms with Crippen LogP contribution in [0.25, 0.3) is 0 Å². The summed E-state index contributed by atoms with van der Waals surface area (Å²) in [4.78, 5) is 56.4. The molecule has 5 atom stereocenters. The summed E-state index contributed by atoms with van der Waals surface area (Å²) in [5.74, 6) is -0.697. The molecule has 5 aliphatic heterocycles. The Morgan fingerprint density at radius 2 is 1.52 bits per heavy atom. The number of rotatable bonds is 19. The van der Waals surface area contributed by atoms with Crippen LogP contribution in [0.4, 0.5) is 0 Å². The standard InChI is InChI=1S/C54H72N4O6/c1-12-38-34(7)42-27-46-40(29-59)36(9)41(56-46)26-43-35(8)39(51(57-43)49-50(54(62)63-11)53(61)48-37(10)44(58-52(48)49)28-45(38)55-42)22-23-47(60)64-25-24-33(6)21-15-20-32(5)19-14-18-31(4)17-13-16-30(2)3/h24,26-32,35,39,50,57,59H,12-23,25H2,1-11H3/b33-24+,40-29+,42-27?,43-26?,44-28?,51-49?/t31-,32-,35+,39+,50-/m1/s1. The van der Waals surface area contributed by atoms with E-state index in [4.69, 9.17) is 24.5 Å². The van der Waals surface area contributed by atoms with Crippen molar-refractivity contribution in [3.63, 3.8) is 0 Å². The molecule has 1 saturated carbocycles. The largest absolute Gasteiger partial charge is 0.515 e. The molecular formula is C54H72N4O6.